The second-order valence-electron chi connectivity index (χ2n) is 4.59. The fraction of sp³-hybridized carbons (Fsp3) is 0.909. The summed E-state index contributed by atoms with van der Waals surface area (Å²) < 4.78 is 30.9. The second-order valence-corrected chi connectivity index (χ2v) is 4.59. The SMILES string of the molecule is O=C(C1CCC(F)(F)CC1)C1CCOC1. The summed E-state index contributed by atoms with van der Waals surface area (Å²) in [6, 6.07) is 0. The van der Waals surface area contributed by atoms with Gasteiger partial charge in [-0.15, -0.1) is 0 Å². The number of Topliss-reactive ketones (excluding diaryl/α,β-unsaturated/α-hetero) is 1. The zero-order valence-electron chi connectivity index (χ0n) is 8.68. The number of carbonyl (C=O) groups is 1. The highest BCUT2D eigenvalue weighted by Crippen LogP contribution is 2.38. The van der Waals surface area contributed by atoms with E-state index >= 15 is 0 Å². The monoisotopic (exact) mass is 218 g/mol. The van der Waals surface area contributed by atoms with Crippen molar-refractivity contribution in [2.75, 3.05) is 13.2 Å². The van der Waals surface area contributed by atoms with Crippen LogP contribution < -0.4 is 0 Å². The van der Waals surface area contributed by atoms with Gasteiger partial charge in [0.15, 0.2) is 0 Å². The Kier molecular flexibility index (Phi) is 3.05. The lowest BCUT2D eigenvalue weighted by atomic mass is 9.80. The summed E-state index contributed by atoms with van der Waals surface area (Å²) in [4.78, 5) is 11.9. The van der Waals surface area contributed by atoms with Gasteiger partial charge >= 0.3 is 0 Å². The number of hydrogen-bond donors (Lipinski definition) is 0. The van der Waals surface area contributed by atoms with Crippen LogP contribution in [0.1, 0.15) is 32.1 Å². The highest BCUT2D eigenvalue weighted by molar-refractivity contribution is 5.83. The Bertz CT molecular complexity index is 237. The van der Waals surface area contributed by atoms with E-state index < -0.39 is 5.92 Å². The summed E-state index contributed by atoms with van der Waals surface area (Å²) in [5.41, 5.74) is 0. The summed E-state index contributed by atoms with van der Waals surface area (Å²) in [6.07, 6.45) is 1.21. The molecule has 0 bridgehead atoms. The third kappa shape index (κ3) is 2.54. The second kappa shape index (κ2) is 4.16. The van der Waals surface area contributed by atoms with E-state index in [1.165, 1.54) is 0 Å². The molecule has 0 aromatic carbocycles. The van der Waals surface area contributed by atoms with Gasteiger partial charge in [-0.05, 0) is 19.3 Å². The molecule has 1 heterocycles. The standard InChI is InChI=1S/C11H16F2O2/c12-11(13)4-1-8(2-5-11)10(14)9-3-6-15-7-9/h8-9H,1-7H2. The van der Waals surface area contributed by atoms with Crippen LogP contribution in [0.5, 0.6) is 0 Å². The molecule has 1 saturated heterocycles. The summed E-state index contributed by atoms with van der Waals surface area (Å²) in [5.74, 6) is -2.55. The van der Waals surface area contributed by atoms with Crippen LogP contribution in [0, 0.1) is 11.8 Å². The number of alkyl halides is 2. The largest absolute Gasteiger partial charge is 0.381 e. The molecule has 0 N–H and O–H groups in total. The average Bonchev–Trinajstić information content (AvgIpc) is 2.69. The minimum absolute atomic E-state index is 0.0262. The predicted molar refractivity (Wildman–Crippen MR) is 50.8 cm³/mol. The maximum atomic E-state index is 12.9. The normalized spacial score (nSPS) is 31.7. The van der Waals surface area contributed by atoms with Crippen molar-refractivity contribution >= 4 is 5.78 Å². The Morgan fingerprint density at radius 1 is 1.13 bits per heavy atom. The van der Waals surface area contributed by atoms with Crippen LogP contribution in [0.4, 0.5) is 8.78 Å². The fourth-order valence-corrected chi connectivity index (χ4v) is 2.42. The van der Waals surface area contributed by atoms with Crippen molar-refractivity contribution in [3.8, 4) is 0 Å². The van der Waals surface area contributed by atoms with E-state index in [4.69, 9.17) is 4.74 Å². The zero-order valence-corrected chi connectivity index (χ0v) is 8.68. The third-order valence-electron chi connectivity index (χ3n) is 3.45. The van der Waals surface area contributed by atoms with Crippen LogP contribution in [0.25, 0.3) is 0 Å². The molecular formula is C11H16F2O2. The lowest BCUT2D eigenvalue weighted by Crippen LogP contribution is -2.32. The number of ketones is 1. The smallest absolute Gasteiger partial charge is 0.248 e. The van der Waals surface area contributed by atoms with Crippen molar-refractivity contribution in [2.24, 2.45) is 11.8 Å². The van der Waals surface area contributed by atoms with Gasteiger partial charge in [0, 0.05) is 31.3 Å². The van der Waals surface area contributed by atoms with E-state index in [2.05, 4.69) is 0 Å². The van der Waals surface area contributed by atoms with Crippen molar-refractivity contribution in [1.82, 2.24) is 0 Å². The summed E-state index contributed by atoms with van der Waals surface area (Å²) >= 11 is 0. The van der Waals surface area contributed by atoms with Crippen LogP contribution in [-0.4, -0.2) is 24.9 Å². The molecule has 1 aliphatic heterocycles. The van der Waals surface area contributed by atoms with Gasteiger partial charge in [0.1, 0.15) is 5.78 Å². The van der Waals surface area contributed by atoms with Crippen molar-refractivity contribution in [3.63, 3.8) is 0 Å². The predicted octanol–water partition coefficient (Wildman–Crippen LogP) is 2.42. The average molecular weight is 218 g/mol. The molecule has 2 rings (SSSR count). The number of rotatable bonds is 2. The molecule has 2 aliphatic rings. The highest BCUT2D eigenvalue weighted by atomic mass is 19.3. The van der Waals surface area contributed by atoms with Crippen LogP contribution in [0.3, 0.4) is 0 Å². The Morgan fingerprint density at radius 2 is 1.80 bits per heavy atom. The van der Waals surface area contributed by atoms with Crippen LogP contribution in [-0.2, 0) is 9.53 Å². The van der Waals surface area contributed by atoms with E-state index in [-0.39, 0.29) is 30.5 Å². The van der Waals surface area contributed by atoms with E-state index in [0.29, 0.717) is 26.1 Å². The lowest BCUT2D eigenvalue weighted by Gasteiger charge is -2.28. The molecule has 1 aliphatic carbocycles. The number of halogens is 2. The molecule has 0 amide bonds. The molecule has 0 aromatic rings. The number of ether oxygens (including phenoxy) is 1. The first-order chi connectivity index (χ1) is 7.08. The van der Waals surface area contributed by atoms with Gasteiger partial charge in [-0.2, -0.15) is 0 Å². The molecule has 1 saturated carbocycles. The van der Waals surface area contributed by atoms with Gasteiger partial charge in [-0.1, -0.05) is 0 Å². The maximum Gasteiger partial charge on any atom is 0.248 e. The summed E-state index contributed by atoms with van der Waals surface area (Å²) in [5, 5.41) is 0. The van der Waals surface area contributed by atoms with Crippen molar-refractivity contribution in [3.05, 3.63) is 0 Å². The number of hydrogen-bond acceptors (Lipinski definition) is 2. The fourth-order valence-electron chi connectivity index (χ4n) is 2.42. The van der Waals surface area contributed by atoms with Gasteiger partial charge in [-0.3, -0.25) is 4.79 Å². The first kappa shape index (κ1) is 11.0. The van der Waals surface area contributed by atoms with Crippen molar-refractivity contribution in [1.29, 1.82) is 0 Å². The minimum atomic E-state index is -2.54. The van der Waals surface area contributed by atoms with Crippen molar-refractivity contribution < 1.29 is 18.3 Å². The van der Waals surface area contributed by atoms with Gasteiger partial charge in [0.05, 0.1) is 6.61 Å². The van der Waals surface area contributed by atoms with E-state index in [0.717, 1.165) is 6.42 Å². The molecule has 4 heteroatoms. The Hall–Kier alpha value is -0.510. The zero-order chi connectivity index (χ0) is 10.9. The summed E-state index contributed by atoms with van der Waals surface area (Å²) in [7, 11) is 0. The Balaban J connectivity index is 1.87. The van der Waals surface area contributed by atoms with Crippen molar-refractivity contribution in [2.45, 2.75) is 38.0 Å². The van der Waals surface area contributed by atoms with Crippen LogP contribution in [0.2, 0.25) is 0 Å². The Morgan fingerprint density at radius 3 is 2.33 bits per heavy atom. The number of carbonyl (C=O) groups excluding carboxylic acids is 1. The first-order valence-corrected chi connectivity index (χ1v) is 5.58. The van der Waals surface area contributed by atoms with Gasteiger partial charge in [0.25, 0.3) is 0 Å². The maximum absolute atomic E-state index is 12.9. The van der Waals surface area contributed by atoms with Gasteiger partial charge < -0.3 is 4.74 Å². The minimum Gasteiger partial charge on any atom is -0.381 e. The first-order valence-electron chi connectivity index (χ1n) is 5.58. The molecule has 1 atom stereocenters. The van der Waals surface area contributed by atoms with E-state index in [9.17, 15) is 13.6 Å². The molecule has 0 spiro atoms. The van der Waals surface area contributed by atoms with E-state index in [1.54, 1.807) is 0 Å². The molecule has 0 radical (unpaired) electrons. The third-order valence-corrected chi connectivity index (χ3v) is 3.45. The molecule has 1 unspecified atom stereocenters. The molecule has 2 nitrogen and oxygen atoms in total. The quantitative estimate of drug-likeness (QED) is 0.711. The molecule has 2 fully saturated rings. The molecule has 15 heavy (non-hydrogen) atoms. The summed E-state index contributed by atoms with van der Waals surface area (Å²) in [6.45, 7) is 1.13. The molecule has 86 valence electrons. The molecule has 0 aromatic heterocycles. The molecular weight excluding hydrogens is 202 g/mol. The van der Waals surface area contributed by atoms with Crippen LogP contribution >= 0.6 is 0 Å². The van der Waals surface area contributed by atoms with Gasteiger partial charge in [-0.25, -0.2) is 8.78 Å². The van der Waals surface area contributed by atoms with E-state index in [1.807, 2.05) is 0 Å². The Labute approximate surface area is 88.0 Å². The lowest BCUT2D eigenvalue weighted by molar-refractivity contribution is -0.130. The highest BCUT2D eigenvalue weighted by Gasteiger charge is 2.39. The topological polar surface area (TPSA) is 26.3 Å². The van der Waals surface area contributed by atoms with Gasteiger partial charge in [0.2, 0.25) is 5.92 Å². The van der Waals surface area contributed by atoms with Crippen LogP contribution in [0.15, 0.2) is 0 Å².